The molecule has 0 fully saturated rings. The fourth-order valence-corrected chi connectivity index (χ4v) is 2.36. The van der Waals surface area contributed by atoms with Crippen molar-refractivity contribution in [3.63, 3.8) is 0 Å². The molecule has 0 N–H and O–H groups in total. The molecule has 6 nitrogen and oxygen atoms in total. The lowest BCUT2D eigenvalue weighted by Gasteiger charge is -1.94. The van der Waals surface area contributed by atoms with Crippen LogP contribution in [0.3, 0.4) is 0 Å². The Morgan fingerprint density at radius 2 is 1.85 bits per heavy atom. The van der Waals surface area contributed by atoms with Gasteiger partial charge in [0.25, 0.3) is 5.22 Å². The van der Waals surface area contributed by atoms with E-state index in [1.54, 1.807) is 6.92 Å². The van der Waals surface area contributed by atoms with Gasteiger partial charge in [0.05, 0.1) is 5.75 Å². The largest absolute Gasteiger partial charge is 0.425 e. The van der Waals surface area contributed by atoms with Crippen molar-refractivity contribution in [1.29, 1.82) is 0 Å². The number of aromatic nitrogens is 4. The molecule has 20 heavy (non-hydrogen) atoms. The summed E-state index contributed by atoms with van der Waals surface area (Å²) in [6, 6.07) is 7.67. The van der Waals surface area contributed by atoms with Gasteiger partial charge in [-0.15, -0.1) is 20.4 Å². The highest BCUT2D eigenvalue weighted by Gasteiger charge is 2.11. The van der Waals surface area contributed by atoms with Crippen LogP contribution in [-0.2, 0) is 5.75 Å². The minimum atomic E-state index is 0.471. The van der Waals surface area contributed by atoms with Crippen LogP contribution >= 0.6 is 27.7 Å². The lowest BCUT2D eigenvalue weighted by atomic mass is 10.2. The van der Waals surface area contributed by atoms with Crippen LogP contribution in [0.25, 0.3) is 11.5 Å². The highest BCUT2D eigenvalue weighted by molar-refractivity contribution is 9.10. The predicted octanol–water partition coefficient (Wildman–Crippen LogP) is 3.48. The van der Waals surface area contributed by atoms with E-state index in [-0.39, 0.29) is 0 Å². The standard InChI is InChI=1S/C12H9BrN4O2S/c1-7-14-15-10(18-7)6-20-12-17-16-11(19-12)8-2-4-9(13)5-3-8/h2-5H,6H2,1H3. The Morgan fingerprint density at radius 3 is 2.55 bits per heavy atom. The highest BCUT2D eigenvalue weighted by atomic mass is 79.9. The Bertz CT molecular complexity index is 710. The Morgan fingerprint density at radius 1 is 1.05 bits per heavy atom. The van der Waals surface area contributed by atoms with Crippen molar-refractivity contribution in [1.82, 2.24) is 20.4 Å². The number of benzene rings is 1. The van der Waals surface area contributed by atoms with E-state index < -0.39 is 0 Å². The number of thioether (sulfide) groups is 1. The van der Waals surface area contributed by atoms with Crippen LogP contribution in [0.15, 0.2) is 42.8 Å². The Kier molecular flexibility index (Phi) is 3.83. The van der Waals surface area contributed by atoms with Gasteiger partial charge >= 0.3 is 0 Å². The molecule has 0 aliphatic heterocycles. The lowest BCUT2D eigenvalue weighted by Crippen LogP contribution is -1.80. The summed E-state index contributed by atoms with van der Waals surface area (Å²) in [6.07, 6.45) is 0. The van der Waals surface area contributed by atoms with Crippen LogP contribution in [0, 0.1) is 6.92 Å². The van der Waals surface area contributed by atoms with Crippen molar-refractivity contribution in [2.45, 2.75) is 17.9 Å². The highest BCUT2D eigenvalue weighted by Crippen LogP contribution is 2.26. The molecule has 0 aliphatic rings. The fourth-order valence-electron chi connectivity index (χ4n) is 1.50. The molecule has 3 aromatic rings. The third-order valence-electron chi connectivity index (χ3n) is 2.38. The summed E-state index contributed by atoms with van der Waals surface area (Å²) in [5.74, 6) is 2.07. The lowest BCUT2D eigenvalue weighted by molar-refractivity contribution is 0.462. The Labute approximate surface area is 127 Å². The molecule has 0 amide bonds. The summed E-state index contributed by atoms with van der Waals surface area (Å²) in [7, 11) is 0. The van der Waals surface area contributed by atoms with Gasteiger partial charge in [-0.2, -0.15) is 0 Å². The molecule has 0 bridgehead atoms. The van der Waals surface area contributed by atoms with Gasteiger partial charge in [0.1, 0.15) is 0 Å². The van der Waals surface area contributed by atoms with Gasteiger partial charge < -0.3 is 8.83 Å². The van der Waals surface area contributed by atoms with E-state index in [1.165, 1.54) is 11.8 Å². The zero-order valence-electron chi connectivity index (χ0n) is 10.4. The average Bonchev–Trinajstić information content (AvgIpc) is 3.06. The van der Waals surface area contributed by atoms with E-state index in [4.69, 9.17) is 8.83 Å². The first-order valence-electron chi connectivity index (χ1n) is 5.72. The van der Waals surface area contributed by atoms with Crippen LogP contribution in [-0.4, -0.2) is 20.4 Å². The van der Waals surface area contributed by atoms with Crippen molar-refractivity contribution in [3.05, 3.63) is 40.5 Å². The van der Waals surface area contributed by atoms with Gasteiger partial charge in [-0.25, -0.2) is 0 Å². The minimum Gasteiger partial charge on any atom is -0.425 e. The second-order valence-electron chi connectivity index (χ2n) is 3.88. The fraction of sp³-hybridized carbons (Fsp3) is 0.167. The molecule has 0 spiro atoms. The minimum absolute atomic E-state index is 0.471. The zero-order chi connectivity index (χ0) is 13.9. The summed E-state index contributed by atoms with van der Waals surface area (Å²) < 4.78 is 11.8. The number of halogens is 1. The maximum atomic E-state index is 5.57. The Balaban J connectivity index is 1.69. The molecule has 8 heteroatoms. The average molecular weight is 353 g/mol. The van der Waals surface area contributed by atoms with Crippen molar-refractivity contribution >= 4 is 27.7 Å². The third-order valence-corrected chi connectivity index (χ3v) is 3.72. The molecule has 2 aromatic heterocycles. The van der Waals surface area contributed by atoms with Crippen molar-refractivity contribution in [3.8, 4) is 11.5 Å². The molecular formula is C12H9BrN4O2S. The van der Waals surface area contributed by atoms with Crippen molar-refractivity contribution in [2.24, 2.45) is 0 Å². The predicted molar refractivity (Wildman–Crippen MR) is 76.0 cm³/mol. The summed E-state index contributed by atoms with van der Waals surface area (Å²) in [5.41, 5.74) is 0.876. The van der Waals surface area contributed by atoms with E-state index in [0.717, 1.165) is 10.0 Å². The van der Waals surface area contributed by atoms with Crippen LogP contribution in [0.4, 0.5) is 0 Å². The zero-order valence-corrected chi connectivity index (χ0v) is 12.8. The maximum absolute atomic E-state index is 5.57. The summed E-state index contributed by atoms with van der Waals surface area (Å²) >= 11 is 4.74. The van der Waals surface area contributed by atoms with Gasteiger partial charge in [-0.1, -0.05) is 27.7 Å². The molecule has 0 unspecified atom stereocenters. The smallest absolute Gasteiger partial charge is 0.277 e. The van der Waals surface area contributed by atoms with Gasteiger partial charge in [0.15, 0.2) is 0 Å². The van der Waals surface area contributed by atoms with E-state index in [2.05, 4.69) is 36.3 Å². The van der Waals surface area contributed by atoms with Gasteiger partial charge in [0, 0.05) is 17.0 Å². The van der Waals surface area contributed by atoms with Gasteiger partial charge in [-0.3, -0.25) is 0 Å². The second-order valence-corrected chi connectivity index (χ2v) is 5.73. The molecule has 3 rings (SSSR count). The van der Waals surface area contributed by atoms with Gasteiger partial charge in [0.2, 0.25) is 17.7 Å². The van der Waals surface area contributed by atoms with Crippen LogP contribution in [0.1, 0.15) is 11.8 Å². The molecule has 0 aliphatic carbocycles. The number of hydrogen-bond donors (Lipinski definition) is 0. The summed E-state index contributed by atoms with van der Waals surface area (Å²) in [4.78, 5) is 0. The second kappa shape index (κ2) is 5.76. The molecule has 102 valence electrons. The molecule has 2 heterocycles. The van der Waals surface area contributed by atoms with Crippen LogP contribution < -0.4 is 0 Å². The summed E-state index contributed by atoms with van der Waals surface area (Å²) in [6.45, 7) is 1.75. The van der Waals surface area contributed by atoms with Crippen LogP contribution in [0.5, 0.6) is 0 Å². The van der Waals surface area contributed by atoms with Crippen LogP contribution in [0.2, 0.25) is 0 Å². The van der Waals surface area contributed by atoms with Gasteiger partial charge in [-0.05, 0) is 24.3 Å². The molecule has 1 aromatic carbocycles. The van der Waals surface area contributed by atoms with Crippen molar-refractivity contribution in [2.75, 3.05) is 0 Å². The number of nitrogens with zero attached hydrogens (tertiary/aromatic N) is 4. The number of hydrogen-bond acceptors (Lipinski definition) is 7. The Hall–Kier alpha value is -1.67. The van der Waals surface area contributed by atoms with Crippen molar-refractivity contribution < 1.29 is 8.83 Å². The van der Waals surface area contributed by atoms with E-state index in [0.29, 0.717) is 28.6 Å². The van der Waals surface area contributed by atoms with E-state index in [1.807, 2.05) is 24.3 Å². The normalized spacial score (nSPS) is 10.9. The molecular weight excluding hydrogens is 344 g/mol. The first-order chi connectivity index (χ1) is 9.70. The maximum Gasteiger partial charge on any atom is 0.277 e. The third kappa shape index (κ3) is 3.07. The molecule has 0 atom stereocenters. The SMILES string of the molecule is Cc1nnc(CSc2nnc(-c3ccc(Br)cc3)o2)o1. The first-order valence-corrected chi connectivity index (χ1v) is 7.50. The molecule has 0 saturated carbocycles. The number of rotatable bonds is 4. The first kappa shape index (κ1) is 13.3. The van der Waals surface area contributed by atoms with E-state index >= 15 is 0 Å². The van der Waals surface area contributed by atoms with E-state index in [9.17, 15) is 0 Å². The quantitative estimate of drug-likeness (QED) is 0.665. The monoisotopic (exact) mass is 352 g/mol. The molecule has 0 radical (unpaired) electrons. The molecule has 0 saturated heterocycles. The summed E-state index contributed by atoms with van der Waals surface area (Å²) in [5, 5.41) is 16.1. The number of aryl methyl sites for hydroxylation is 1. The topological polar surface area (TPSA) is 77.8 Å².